The molecule has 0 spiro atoms. The van der Waals surface area contributed by atoms with E-state index < -0.39 is 5.60 Å². The summed E-state index contributed by atoms with van der Waals surface area (Å²) in [5.41, 5.74) is 3.46. The molecule has 1 aliphatic heterocycles. The molecule has 0 bridgehead atoms. The fraction of sp³-hybridized carbons (Fsp3) is 0.350. The fourth-order valence-corrected chi connectivity index (χ4v) is 3.90. The van der Waals surface area contributed by atoms with Gasteiger partial charge in [-0.3, -0.25) is 9.55 Å². The smallest absolute Gasteiger partial charge is 0.327 e. The highest BCUT2D eigenvalue weighted by Crippen LogP contribution is 2.28. The van der Waals surface area contributed by atoms with Crippen LogP contribution in [-0.2, 0) is 16.0 Å². The highest BCUT2D eigenvalue weighted by Gasteiger charge is 2.34. The molecular formula is C20H21N5O3. The molecule has 1 fully saturated rings. The van der Waals surface area contributed by atoms with Gasteiger partial charge in [0.1, 0.15) is 5.65 Å². The zero-order chi connectivity index (χ0) is 19.1. The maximum atomic E-state index is 12.6. The van der Waals surface area contributed by atoms with Crippen LogP contribution in [0.1, 0.15) is 12.8 Å². The Kier molecular flexibility index (Phi) is 4.03. The Bertz CT molecular complexity index is 1200. The van der Waals surface area contributed by atoms with Crippen LogP contribution in [-0.4, -0.2) is 50.4 Å². The molecule has 8 nitrogen and oxygen atoms in total. The molecule has 2 N–H and O–H groups in total. The molecule has 0 saturated carbocycles. The number of rotatable bonds is 4. The Morgan fingerprint density at radius 3 is 2.71 bits per heavy atom. The molecule has 0 unspecified atom stereocenters. The van der Waals surface area contributed by atoms with Crippen LogP contribution in [0.3, 0.4) is 0 Å². The third-order valence-corrected chi connectivity index (χ3v) is 5.65. The normalized spacial score (nSPS) is 16.8. The van der Waals surface area contributed by atoms with E-state index in [1.807, 2.05) is 24.5 Å². The molecule has 8 heteroatoms. The van der Waals surface area contributed by atoms with Crippen molar-refractivity contribution in [3.05, 3.63) is 47.3 Å². The highest BCUT2D eigenvalue weighted by molar-refractivity contribution is 5.84. The topological polar surface area (TPSA) is 97.8 Å². The van der Waals surface area contributed by atoms with Crippen LogP contribution in [0.15, 0.2) is 41.6 Å². The van der Waals surface area contributed by atoms with Crippen molar-refractivity contribution in [1.29, 1.82) is 0 Å². The average molecular weight is 379 g/mol. The van der Waals surface area contributed by atoms with Gasteiger partial charge in [-0.15, -0.1) is 0 Å². The van der Waals surface area contributed by atoms with Crippen LogP contribution < -0.4 is 5.69 Å². The van der Waals surface area contributed by atoms with Crippen LogP contribution in [0.2, 0.25) is 0 Å². The van der Waals surface area contributed by atoms with Gasteiger partial charge in [0.25, 0.3) is 0 Å². The average Bonchev–Trinajstić information content (AvgIpc) is 3.32. The SMILES string of the molecule is COC1(Cn2c(=O)[nH]c3ncc(-c4cnc5[nH]ccc5c4)cc32)CCOCC1. The molecule has 0 atom stereocenters. The number of fused-ring (bicyclic) bond motifs is 2. The Labute approximate surface area is 160 Å². The van der Waals surface area contributed by atoms with Gasteiger partial charge in [0.2, 0.25) is 0 Å². The largest absolute Gasteiger partial charge is 0.381 e. The summed E-state index contributed by atoms with van der Waals surface area (Å²) in [5.74, 6) is 0. The van der Waals surface area contributed by atoms with Crippen molar-refractivity contribution >= 4 is 22.2 Å². The van der Waals surface area contributed by atoms with Crippen molar-refractivity contribution in [2.45, 2.75) is 25.0 Å². The molecule has 144 valence electrons. The standard InChI is InChI=1S/C20H21N5O3/c1-27-20(3-6-28-7-4-20)12-25-16-9-15(11-23-18(16)24-19(25)26)14-8-13-2-5-21-17(13)22-10-14/h2,5,8-11H,3-4,6-7,12H2,1H3,(H,21,22)(H,23,24,26). The van der Waals surface area contributed by atoms with E-state index >= 15 is 0 Å². The summed E-state index contributed by atoms with van der Waals surface area (Å²) in [7, 11) is 1.70. The van der Waals surface area contributed by atoms with Crippen molar-refractivity contribution in [3.8, 4) is 11.1 Å². The maximum absolute atomic E-state index is 12.6. The third-order valence-electron chi connectivity index (χ3n) is 5.65. The van der Waals surface area contributed by atoms with Gasteiger partial charge in [0, 0.05) is 68.3 Å². The first-order valence-electron chi connectivity index (χ1n) is 9.32. The van der Waals surface area contributed by atoms with Crippen molar-refractivity contribution in [3.63, 3.8) is 0 Å². The van der Waals surface area contributed by atoms with Crippen LogP contribution in [0, 0.1) is 0 Å². The van der Waals surface area contributed by atoms with Crippen molar-refractivity contribution in [2.75, 3.05) is 20.3 Å². The number of nitrogens with zero attached hydrogens (tertiary/aromatic N) is 3. The first-order valence-corrected chi connectivity index (χ1v) is 9.32. The van der Waals surface area contributed by atoms with Gasteiger partial charge in [0.05, 0.1) is 17.7 Å². The lowest BCUT2D eigenvalue weighted by molar-refractivity contribution is -0.0984. The molecular weight excluding hydrogens is 358 g/mol. The van der Waals surface area contributed by atoms with Crippen molar-refractivity contribution < 1.29 is 9.47 Å². The van der Waals surface area contributed by atoms with E-state index in [4.69, 9.17) is 9.47 Å². The molecule has 5 rings (SSSR count). The van der Waals surface area contributed by atoms with E-state index in [1.54, 1.807) is 17.9 Å². The number of methoxy groups -OCH3 is 1. The van der Waals surface area contributed by atoms with Gasteiger partial charge < -0.3 is 14.5 Å². The van der Waals surface area contributed by atoms with Gasteiger partial charge in [-0.2, -0.15) is 0 Å². The molecule has 5 heterocycles. The molecule has 0 aromatic carbocycles. The number of ether oxygens (including phenoxy) is 2. The summed E-state index contributed by atoms with van der Waals surface area (Å²) in [4.78, 5) is 27.5. The van der Waals surface area contributed by atoms with Gasteiger partial charge in [-0.05, 0) is 18.2 Å². The lowest BCUT2D eigenvalue weighted by Gasteiger charge is -2.36. The van der Waals surface area contributed by atoms with E-state index in [-0.39, 0.29) is 5.69 Å². The second-order valence-electron chi connectivity index (χ2n) is 7.25. The number of hydrogen-bond acceptors (Lipinski definition) is 5. The van der Waals surface area contributed by atoms with Crippen molar-refractivity contribution in [2.24, 2.45) is 0 Å². The lowest BCUT2D eigenvalue weighted by atomic mass is 9.94. The monoisotopic (exact) mass is 379 g/mol. The summed E-state index contributed by atoms with van der Waals surface area (Å²) >= 11 is 0. The van der Waals surface area contributed by atoms with Crippen LogP contribution in [0.25, 0.3) is 33.3 Å². The first-order chi connectivity index (χ1) is 13.7. The lowest BCUT2D eigenvalue weighted by Crippen LogP contribution is -2.43. The Balaban J connectivity index is 1.59. The van der Waals surface area contributed by atoms with E-state index in [0.29, 0.717) is 25.4 Å². The number of H-pyrrole nitrogens is 2. The Morgan fingerprint density at radius 1 is 1.18 bits per heavy atom. The van der Waals surface area contributed by atoms with Gasteiger partial charge in [0.15, 0.2) is 5.65 Å². The minimum atomic E-state index is -0.404. The predicted molar refractivity (Wildman–Crippen MR) is 105 cm³/mol. The summed E-state index contributed by atoms with van der Waals surface area (Å²) in [6.45, 7) is 1.74. The molecule has 4 aromatic heterocycles. The van der Waals surface area contributed by atoms with Crippen LogP contribution >= 0.6 is 0 Å². The number of imidazole rings is 1. The van der Waals surface area contributed by atoms with E-state index in [0.717, 1.165) is 40.5 Å². The van der Waals surface area contributed by atoms with E-state index in [2.05, 4.69) is 26.0 Å². The van der Waals surface area contributed by atoms with Gasteiger partial charge in [-0.25, -0.2) is 14.8 Å². The maximum Gasteiger partial charge on any atom is 0.327 e. The first kappa shape index (κ1) is 17.2. The number of hydrogen-bond donors (Lipinski definition) is 2. The van der Waals surface area contributed by atoms with Crippen molar-refractivity contribution in [1.82, 2.24) is 24.5 Å². The minimum Gasteiger partial charge on any atom is -0.381 e. The van der Waals surface area contributed by atoms with Gasteiger partial charge in [-0.1, -0.05) is 0 Å². The van der Waals surface area contributed by atoms with Crippen LogP contribution in [0.4, 0.5) is 0 Å². The number of aromatic amines is 2. The summed E-state index contributed by atoms with van der Waals surface area (Å²) in [5, 5.41) is 1.03. The zero-order valence-electron chi connectivity index (χ0n) is 15.6. The number of nitrogens with one attached hydrogen (secondary N) is 2. The second kappa shape index (κ2) is 6.57. The van der Waals surface area contributed by atoms with E-state index in [1.165, 1.54) is 0 Å². The van der Waals surface area contributed by atoms with Gasteiger partial charge >= 0.3 is 5.69 Å². The fourth-order valence-electron chi connectivity index (χ4n) is 3.90. The Morgan fingerprint density at radius 2 is 1.93 bits per heavy atom. The molecule has 0 aliphatic carbocycles. The molecule has 1 aliphatic rings. The van der Waals surface area contributed by atoms with Crippen LogP contribution in [0.5, 0.6) is 0 Å². The van der Waals surface area contributed by atoms with E-state index in [9.17, 15) is 4.79 Å². The molecule has 0 amide bonds. The third kappa shape index (κ3) is 2.81. The molecule has 28 heavy (non-hydrogen) atoms. The summed E-state index contributed by atoms with van der Waals surface area (Å²) in [6, 6.07) is 6.03. The molecule has 1 saturated heterocycles. The molecule has 4 aromatic rings. The molecule has 0 radical (unpaired) electrons. The summed E-state index contributed by atoms with van der Waals surface area (Å²) in [6.07, 6.45) is 6.95. The quantitative estimate of drug-likeness (QED) is 0.568. The predicted octanol–water partition coefficient (Wildman–Crippen LogP) is 2.46. The Hall–Kier alpha value is -2.97. The zero-order valence-corrected chi connectivity index (χ0v) is 15.6. The second-order valence-corrected chi connectivity index (χ2v) is 7.25. The number of aromatic nitrogens is 5. The summed E-state index contributed by atoms with van der Waals surface area (Å²) < 4.78 is 13.0. The minimum absolute atomic E-state index is 0.179. The highest BCUT2D eigenvalue weighted by atomic mass is 16.5. The number of pyridine rings is 2.